The molecule has 2 aliphatic rings. The highest BCUT2D eigenvalue weighted by Crippen LogP contribution is 2.36. The normalized spacial score (nSPS) is 29.3. The van der Waals surface area contributed by atoms with Gasteiger partial charge in [-0.25, -0.2) is 0 Å². The number of carbonyl (C=O) groups excluding carboxylic acids is 1. The third-order valence-corrected chi connectivity index (χ3v) is 4.46. The summed E-state index contributed by atoms with van der Waals surface area (Å²) in [5.41, 5.74) is 7.94. The van der Waals surface area contributed by atoms with Crippen LogP contribution < -0.4 is 10.6 Å². The van der Waals surface area contributed by atoms with E-state index in [1.807, 2.05) is 23.1 Å². The van der Waals surface area contributed by atoms with Crippen LogP contribution >= 0.6 is 0 Å². The molecule has 0 spiro atoms. The topological polar surface area (TPSA) is 55.6 Å². The fourth-order valence-electron chi connectivity index (χ4n) is 3.21. The lowest BCUT2D eigenvalue weighted by Crippen LogP contribution is -2.43. The maximum atomic E-state index is 12.7. The van der Waals surface area contributed by atoms with E-state index in [4.69, 9.17) is 10.5 Å². The van der Waals surface area contributed by atoms with E-state index in [0.29, 0.717) is 12.5 Å². The summed E-state index contributed by atoms with van der Waals surface area (Å²) in [6, 6.07) is 8.20. The van der Waals surface area contributed by atoms with Gasteiger partial charge in [0, 0.05) is 18.8 Å². The summed E-state index contributed by atoms with van der Waals surface area (Å²) in [4.78, 5) is 14.6. The Balaban J connectivity index is 1.81. The quantitative estimate of drug-likeness (QED) is 0.898. The van der Waals surface area contributed by atoms with Crippen LogP contribution in [0.3, 0.4) is 0 Å². The Morgan fingerprint density at radius 1 is 1.35 bits per heavy atom. The van der Waals surface area contributed by atoms with Crippen molar-refractivity contribution in [2.75, 3.05) is 18.0 Å². The molecule has 0 radical (unpaired) electrons. The van der Waals surface area contributed by atoms with Crippen molar-refractivity contribution >= 4 is 11.6 Å². The maximum absolute atomic E-state index is 12.7. The SMILES string of the molecule is CC1CCN(C(=O)[C@@H]2CC[C@H](CN)O2)c2ccccc21. The summed E-state index contributed by atoms with van der Waals surface area (Å²) in [6.45, 7) is 3.50. The number of benzene rings is 1. The number of hydrogen-bond donors (Lipinski definition) is 1. The van der Waals surface area contributed by atoms with Crippen molar-refractivity contribution in [3.63, 3.8) is 0 Å². The summed E-state index contributed by atoms with van der Waals surface area (Å²) in [7, 11) is 0. The van der Waals surface area contributed by atoms with E-state index < -0.39 is 0 Å². The smallest absolute Gasteiger partial charge is 0.256 e. The highest BCUT2D eigenvalue weighted by atomic mass is 16.5. The first-order valence-corrected chi connectivity index (χ1v) is 7.46. The number of hydrogen-bond acceptors (Lipinski definition) is 3. The summed E-state index contributed by atoms with van der Waals surface area (Å²) in [6.07, 6.45) is 2.41. The second-order valence-corrected chi connectivity index (χ2v) is 5.80. The van der Waals surface area contributed by atoms with Crippen LogP contribution in [0.4, 0.5) is 5.69 Å². The molecular formula is C16H22N2O2. The van der Waals surface area contributed by atoms with Crippen molar-refractivity contribution in [3.8, 4) is 0 Å². The van der Waals surface area contributed by atoms with Gasteiger partial charge in [0.15, 0.2) is 0 Å². The highest BCUT2D eigenvalue weighted by Gasteiger charge is 2.35. The number of nitrogens with two attached hydrogens (primary N) is 1. The molecule has 0 aromatic heterocycles. The van der Waals surface area contributed by atoms with Gasteiger partial charge in [-0.2, -0.15) is 0 Å². The monoisotopic (exact) mass is 274 g/mol. The Kier molecular flexibility index (Phi) is 3.76. The van der Waals surface area contributed by atoms with Crippen LogP contribution in [0, 0.1) is 0 Å². The summed E-state index contributed by atoms with van der Waals surface area (Å²) < 4.78 is 5.75. The minimum Gasteiger partial charge on any atom is -0.364 e. The van der Waals surface area contributed by atoms with Crippen LogP contribution in [0.2, 0.25) is 0 Å². The average Bonchev–Trinajstić information content (AvgIpc) is 2.96. The lowest BCUT2D eigenvalue weighted by atomic mass is 9.91. The number of para-hydroxylation sites is 1. The molecule has 2 N–H and O–H groups in total. The van der Waals surface area contributed by atoms with Gasteiger partial charge in [0.2, 0.25) is 0 Å². The van der Waals surface area contributed by atoms with Gasteiger partial charge >= 0.3 is 0 Å². The number of rotatable bonds is 2. The molecule has 1 saturated heterocycles. The number of anilines is 1. The molecule has 1 amide bonds. The molecular weight excluding hydrogens is 252 g/mol. The Hall–Kier alpha value is -1.39. The molecule has 0 saturated carbocycles. The number of amides is 1. The van der Waals surface area contributed by atoms with E-state index in [1.165, 1.54) is 5.56 Å². The van der Waals surface area contributed by atoms with Gasteiger partial charge in [0.05, 0.1) is 6.10 Å². The van der Waals surface area contributed by atoms with Gasteiger partial charge in [-0.1, -0.05) is 25.1 Å². The molecule has 4 nitrogen and oxygen atoms in total. The Labute approximate surface area is 119 Å². The zero-order chi connectivity index (χ0) is 14.1. The lowest BCUT2D eigenvalue weighted by Gasteiger charge is -2.34. The molecule has 1 unspecified atom stereocenters. The zero-order valence-electron chi connectivity index (χ0n) is 11.9. The Bertz CT molecular complexity index is 503. The number of nitrogens with zero attached hydrogens (tertiary/aromatic N) is 1. The van der Waals surface area contributed by atoms with Gasteiger partial charge < -0.3 is 15.4 Å². The predicted octanol–water partition coefficient (Wildman–Crippen LogP) is 2.03. The fraction of sp³-hybridized carbons (Fsp3) is 0.562. The lowest BCUT2D eigenvalue weighted by molar-refractivity contribution is -0.129. The molecule has 20 heavy (non-hydrogen) atoms. The zero-order valence-corrected chi connectivity index (χ0v) is 11.9. The van der Waals surface area contributed by atoms with Crippen LogP contribution in [-0.2, 0) is 9.53 Å². The molecule has 3 atom stereocenters. The minimum absolute atomic E-state index is 0.0444. The van der Waals surface area contributed by atoms with E-state index in [2.05, 4.69) is 13.0 Å². The Morgan fingerprint density at radius 3 is 2.90 bits per heavy atom. The number of fused-ring (bicyclic) bond motifs is 1. The number of ether oxygens (including phenoxy) is 1. The third kappa shape index (κ3) is 2.34. The van der Waals surface area contributed by atoms with Crippen LogP contribution in [0.25, 0.3) is 0 Å². The first kappa shape index (κ1) is 13.6. The highest BCUT2D eigenvalue weighted by molar-refractivity contribution is 5.97. The van der Waals surface area contributed by atoms with Gasteiger partial charge in [0.25, 0.3) is 5.91 Å². The molecule has 1 fully saturated rings. The summed E-state index contributed by atoms with van der Waals surface area (Å²) >= 11 is 0. The number of carbonyl (C=O) groups is 1. The second-order valence-electron chi connectivity index (χ2n) is 5.80. The molecule has 1 aromatic rings. The van der Waals surface area contributed by atoms with Crippen molar-refractivity contribution in [3.05, 3.63) is 29.8 Å². The van der Waals surface area contributed by atoms with Crippen molar-refractivity contribution in [1.29, 1.82) is 0 Å². The van der Waals surface area contributed by atoms with Gasteiger partial charge in [-0.05, 0) is 36.8 Å². The van der Waals surface area contributed by atoms with Crippen LogP contribution in [0.15, 0.2) is 24.3 Å². The van der Waals surface area contributed by atoms with Crippen molar-refractivity contribution in [1.82, 2.24) is 0 Å². The minimum atomic E-state index is -0.315. The molecule has 2 aliphatic heterocycles. The predicted molar refractivity (Wildman–Crippen MR) is 78.8 cm³/mol. The van der Waals surface area contributed by atoms with Gasteiger partial charge in [-0.15, -0.1) is 0 Å². The van der Waals surface area contributed by atoms with Gasteiger partial charge in [-0.3, -0.25) is 4.79 Å². The van der Waals surface area contributed by atoms with E-state index >= 15 is 0 Å². The molecule has 0 bridgehead atoms. The van der Waals surface area contributed by atoms with Crippen molar-refractivity contribution < 1.29 is 9.53 Å². The van der Waals surface area contributed by atoms with Crippen molar-refractivity contribution in [2.24, 2.45) is 5.73 Å². The maximum Gasteiger partial charge on any atom is 0.256 e. The average molecular weight is 274 g/mol. The molecule has 108 valence electrons. The fourth-order valence-corrected chi connectivity index (χ4v) is 3.21. The van der Waals surface area contributed by atoms with E-state index in [-0.39, 0.29) is 18.1 Å². The van der Waals surface area contributed by atoms with E-state index in [1.54, 1.807) is 0 Å². The third-order valence-electron chi connectivity index (χ3n) is 4.46. The van der Waals surface area contributed by atoms with E-state index in [0.717, 1.165) is 31.5 Å². The van der Waals surface area contributed by atoms with E-state index in [9.17, 15) is 4.79 Å². The van der Waals surface area contributed by atoms with Gasteiger partial charge in [0.1, 0.15) is 6.10 Å². The first-order chi connectivity index (χ1) is 9.70. The molecule has 3 rings (SSSR count). The van der Waals surface area contributed by atoms with Crippen LogP contribution in [-0.4, -0.2) is 31.2 Å². The molecule has 0 aliphatic carbocycles. The molecule has 2 heterocycles. The summed E-state index contributed by atoms with van der Waals surface area (Å²) in [5, 5.41) is 0. The second kappa shape index (κ2) is 5.54. The largest absolute Gasteiger partial charge is 0.364 e. The molecule has 1 aromatic carbocycles. The molecule has 4 heteroatoms. The van der Waals surface area contributed by atoms with Crippen LogP contribution in [0.5, 0.6) is 0 Å². The van der Waals surface area contributed by atoms with Crippen molar-refractivity contribution in [2.45, 2.75) is 44.3 Å². The Morgan fingerprint density at radius 2 is 2.15 bits per heavy atom. The summed E-state index contributed by atoms with van der Waals surface area (Å²) in [5.74, 6) is 0.608. The standard InChI is InChI=1S/C16H22N2O2/c1-11-8-9-18(14-5-3-2-4-13(11)14)16(19)15-7-6-12(10-17)20-15/h2-5,11-12,15H,6-10,17H2,1H3/t11?,12-,15+/m1/s1. The first-order valence-electron chi connectivity index (χ1n) is 7.46. The van der Waals surface area contributed by atoms with Crippen LogP contribution in [0.1, 0.15) is 37.7 Å².